The normalized spacial score (nSPS) is 40.1. The van der Waals surface area contributed by atoms with E-state index in [1.54, 1.807) is 6.07 Å². The Bertz CT molecular complexity index is 779. The minimum Gasteiger partial charge on any atom is -0.270 e. The molecular weight excluding hydrogens is 391 g/mol. The molecule has 0 aromatic heterocycles. The van der Waals surface area contributed by atoms with Gasteiger partial charge in [-0.3, -0.25) is 9.80 Å². The number of rotatable bonds is 2. The van der Waals surface area contributed by atoms with Crippen LogP contribution in [0.2, 0.25) is 10.0 Å². The van der Waals surface area contributed by atoms with E-state index < -0.39 is 5.54 Å². The van der Waals surface area contributed by atoms with Gasteiger partial charge in [-0.2, -0.15) is 0 Å². The highest BCUT2D eigenvalue weighted by atomic mass is 35.5. The molecule has 1 aliphatic heterocycles. The molecule has 1 saturated heterocycles. The van der Waals surface area contributed by atoms with Crippen LogP contribution in [0.1, 0.15) is 46.0 Å². The summed E-state index contributed by atoms with van der Waals surface area (Å²) in [6.07, 6.45) is 5.58. The largest absolute Gasteiger partial charge is 0.270 e. The van der Waals surface area contributed by atoms with Gasteiger partial charge < -0.3 is 0 Å². The Morgan fingerprint density at radius 3 is 2.35 bits per heavy atom. The lowest BCUT2D eigenvalue weighted by Gasteiger charge is -2.67. The molecule has 0 N–H and O–H groups in total. The fraction of sp³-hybridized carbons (Fsp3) is 0.650. The summed E-state index contributed by atoms with van der Waals surface area (Å²) in [5, 5.41) is 5.10. The van der Waals surface area contributed by atoms with Crippen LogP contribution in [0.4, 0.5) is 5.69 Å². The van der Waals surface area contributed by atoms with Crippen LogP contribution in [0.25, 0.3) is 0 Å². The number of anilines is 1. The third-order valence-corrected chi connectivity index (χ3v) is 8.34. The van der Waals surface area contributed by atoms with Crippen molar-refractivity contribution in [1.29, 1.82) is 0 Å². The predicted octanol–water partition coefficient (Wildman–Crippen LogP) is 5.52. The van der Waals surface area contributed by atoms with E-state index >= 15 is 0 Å². The lowest BCUT2D eigenvalue weighted by molar-refractivity contribution is -0.169. The number of halogens is 3. The van der Waals surface area contributed by atoms with Gasteiger partial charge in [0.2, 0.25) is 0 Å². The van der Waals surface area contributed by atoms with E-state index in [1.165, 1.54) is 12.8 Å². The molecule has 5 atom stereocenters. The molecule has 140 valence electrons. The molecule has 4 bridgehead atoms. The molecule has 4 aliphatic carbocycles. The van der Waals surface area contributed by atoms with E-state index in [4.69, 9.17) is 34.8 Å². The first kappa shape index (κ1) is 17.5. The number of hydrogen-bond donors (Lipinski definition) is 0. The van der Waals surface area contributed by atoms with E-state index in [1.807, 2.05) is 31.0 Å². The minimum atomic E-state index is -0.609. The molecule has 1 aromatic carbocycles. The van der Waals surface area contributed by atoms with Crippen LogP contribution in [0.3, 0.4) is 0 Å². The monoisotopic (exact) mass is 412 g/mol. The molecule has 0 spiro atoms. The Labute approximate surface area is 169 Å². The highest BCUT2D eigenvalue weighted by Crippen LogP contribution is 2.61. The number of carbonyl (C=O) groups is 1. The maximum absolute atomic E-state index is 13.1. The molecule has 1 aromatic rings. The van der Waals surface area contributed by atoms with Gasteiger partial charge in [0, 0.05) is 4.87 Å². The molecule has 4 saturated carbocycles. The van der Waals surface area contributed by atoms with Crippen molar-refractivity contribution in [2.45, 2.75) is 62.4 Å². The average molecular weight is 414 g/mol. The fourth-order valence-electron chi connectivity index (χ4n) is 6.33. The highest BCUT2D eigenvalue weighted by Gasteiger charge is 2.63. The Hall–Kier alpha value is -0.640. The smallest absolute Gasteiger partial charge is 0.268 e. The summed E-state index contributed by atoms with van der Waals surface area (Å²) < 4.78 is 0. The Balaban J connectivity index is 1.54. The fourth-order valence-corrected chi connectivity index (χ4v) is 7.32. The average Bonchev–Trinajstić information content (AvgIpc) is 2.55. The highest BCUT2D eigenvalue weighted by molar-refractivity contribution is 6.43. The zero-order valence-electron chi connectivity index (χ0n) is 15.0. The van der Waals surface area contributed by atoms with Gasteiger partial charge in [-0.25, -0.2) is 5.01 Å². The van der Waals surface area contributed by atoms with Gasteiger partial charge in [-0.1, -0.05) is 29.3 Å². The summed E-state index contributed by atoms with van der Waals surface area (Å²) in [6, 6.07) is 5.86. The first-order valence-corrected chi connectivity index (χ1v) is 10.6. The summed E-state index contributed by atoms with van der Waals surface area (Å²) >= 11 is 19.7. The van der Waals surface area contributed by atoms with Crippen LogP contribution in [0.15, 0.2) is 18.2 Å². The molecule has 1 heterocycles. The van der Waals surface area contributed by atoms with Crippen molar-refractivity contribution in [3.63, 3.8) is 0 Å². The molecular formula is C20H23Cl3N2O. The van der Waals surface area contributed by atoms with Gasteiger partial charge in [0.25, 0.3) is 5.91 Å². The summed E-state index contributed by atoms with van der Waals surface area (Å²) in [5.41, 5.74) is 0.208. The van der Waals surface area contributed by atoms with E-state index in [0.717, 1.165) is 30.9 Å². The topological polar surface area (TPSA) is 23.6 Å². The van der Waals surface area contributed by atoms with Gasteiger partial charge in [0.05, 0.1) is 21.8 Å². The molecule has 5 fully saturated rings. The second-order valence-corrected chi connectivity index (χ2v) is 10.8. The van der Waals surface area contributed by atoms with Crippen molar-refractivity contribution < 1.29 is 4.79 Å². The van der Waals surface area contributed by atoms with Crippen LogP contribution in [0, 0.1) is 17.8 Å². The molecule has 0 radical (unpaired) electrons. The van der Waals surface area contributed by atoms with Gasteiger partial charge in [0.1, 0.15) is 5.54 Å². The number of alkyl halides is 1. The zero-order chi connectivity index (χ0) is 18.4. The molecule has 3 unspecified atom stereocenters. The van der Waals surface area contributed by atoms with Gasteiger partial charge in [-0.15, -0.1) is 11.6 Å². The second-order valence-electron chi connectivity index (χ2n) is 9.20. The Morgan fingerprint density at radius 1 is 1.08 bits per heavy atom. The van der Waals surface area contributed by atoms with Crippen molar-refractivity contribution in [2.24, 2.45) is 17.8 Å². The number of nitrogens with zero attached hydrogens (tertiary/aromatic N) is 2. The molecule has 1 amide bonds. The standard InChI is InChI=1S/C20H23Cl3N2O/c1-19(2)18(26)24(25(19)15-5-3-4-14(21)16(15)22)17-12-6-11-7-13(17)10-20(23,8-11)9-12/h3-5,11-13,17H,6-10H2,1-2H3/t11?,12-,13+,17?,20?. The number of hydrogen-bond acceptors (Lipinski definition) is 2. The lowest BCUT2D eigenvalue weighted by atomic mass is 9.53. The van der Waals surface area contributed by atoms with Crippen molar-refractivity contribution in [3.8, 4) is 0 Å². The van der Waals surface area contributed by atoms with Gasteiger partial charge in [0.15, 0.2) is 0 Å². The van der Waals surface area contributed by atoms with Crippen LogP contribution in [-0.4, -0.2) is 27.4 Å². The summed E-state index contributed by atoms with van der Waals surface area (Å²) in [7, 11) is 0. The lowest BCUT2D eigenvalue weighted by Crippen LogP contribution is -2.80. The van der Waals surface area contributed by atoms with Crippen molar-refractivity contribution in [1.82, 2.24) is 5.01 Å². The maximum atomic E-state index is 13.1. The van der Waals surface area contributed by atoms with Crippen LogP contribution in [0.5, 0.6) is 0 Å². The third kappa shape index (κ3) is 2.23. The number of benzene rings is 1. The maximum Gasteiger partial charge on any atom is 0.268 e. The van der Waals surface area contributed by atoms with E-state index in [0.29, 0.717) is 21.9 Å². The van der Waals surface area contributed by atoms with Gasteiger partial charge >= 0.3 is 0 Å². The predicted molar refractivity (Wildman–Crippen MR) is 106 cm³/mol. The van der Waals surface area contributed by atoms with Gasteiger partial charge in [-0.05, 0) is 75.8 Å². The number of amides is 1. The second kappa shape index (κ2) is 5.46. The SMILES string of the molecule is CC1(C)C(=O)N(C2[C@@H]3CC4C[C@H]2CC(Cl)(C4)C3)N1c1cccc(Cl)c1Cl. The van der Waals surface area contributed by atoms with E-state index in [-0.39, 0.29) is 16.8 Å². The van der Waals surface area contributed by atoms with Crippen molar-refractivity contribution in [2.75, 3.05) is 5.01 Å². The van der Waals surface area contributed by atoms with E-state index in [2.05, 4.69) is 5.01 Å². The molecule has 3 nitrogen and oxygen atoms in total. The Kier molecular flexibility index (Phi) is 3.66. The quantitative estimate of drug-likeness (QED) is 0.596. The molecule has 26 heavy (non-hydrogen) atoms. The van der Waals surface area contributed by atoms with Crippen LogP contribution < -0.4 is 5.01 Å². The van der Waals surface area contributed by atoms with E-state index in [9.17, 15) is 4.79 Å². The van der Waals surface area contributed by atoms with Crippen molar-refractivity contribution >= 4 is 46.4 Å². The zero-order valence-corrected chi connectivity index (χ0v) is 17.3. The van der Waals surface area contributed by atoms with Crippen LogP contribution in [-0.2, 0) is 4.79 Å². The number of hydrazine groups is 1. The first-order valence-electron chi connectivity index (χ1n) is 9.48. The van der Waals surface area contributed by atoms with Crippen LogP contribution >= 0.6 is 34.8 Å². The first-order chi connectivity index (χ1) is 12.2. The van der Waals surface area contributed by atoms with Crippen molar-refractivity contribution in [3.05, 3.63) is 28.2 Å². The third-order valence-electron chi connectivity index (χ3n) is 7.07. The molecule has 6 rings (SSSR count). The summed E-state index contributed by atoms with van der Waals surface area (Å²) in [5.74, 6) is 1.88. The minimum absolute atomic E-state index is 0.0328. The summed E-state index contributed by atoms with van der Waals surface area (Å²) in [6.45, 7) is 3.92. The Morgan fingerprint density at radius 2 is 1.73 bits per heavy atom. The molecule has 5 aliphatic rings. The number of carbonyl (C=O) groups excluding carboxylic acids is 1. The molecule has 6 heteroatoms. The summed E-state index contributed by atoms with van der Waals surface area (Å²) in [4.78, 5) is 13.1.